The van der Waals surface area contributed by atoms with E-state index >= 15 is 0 Å². The van der Waals surface area contributed by atoms with Gasteiger partial charge in [-0.05, 0) is 37.6 Å². The number of esters is 1. The molecule has 1 heterocycles. The summed E-state index contributed by atoms with van der Waals surface area (Å²) in [6.07, 6.45) is 0. The molecule has 10 heteroatoms. The number of carbonyl (C=O) groups excluding carboxylic acids is 3. The summed E-state index contributed by atoms with van der Waals surface area (Å²) in [7, 11) is 0. The molecular formula is C22H22N4O5S. The SMILES string of the molecule is Cc1ccc(NC(=O)CSCC(=O)OCC(=O)Nc2nnc(-c3ccccc3)o2)c(C)c1. The van der Waals surface area contributed by atoms with E-state index in [2.05, 4.69) is 20.8 Å². The molecule has 32 heavy (non-hydrogen) atoms. The summed E-state index contributed by atoms with van der Waals surface area (Å²) < 4.78 is 10.3. The van der Waals surface area contributed by atoms with Gasteiger partial charge in [0.25, 0.3) is 5.91 Å². The first-order valence-electron chi connectivity index (χ1n) is 9.70. The second-order valence-electron chi connectivity index (χ2n) is 6.85. The maximum atomic E-state index is 12.0. The van der Waals surface area contributed by atoms with Crippen molar-refractivity contribution in [3.8, 4) is 11.5 Å². The van der Waals surface area contributed by atoms with Crippen LogP contribution in [0.1, 0.15) is 11.1 Å². The summed E-state index contributed by atoms with van der Waals surface area (Å²) in [5, 5.41) is 12.8. The van der Waals surface area contributed by atoms with Crippen molar-refractivity contribution in [2.45, 2.75) is 13.8 Å². The molecule has 0 aliphatic heterocycles. The Kier molecular flexibility index (Phi) is 7.98. The van der Waals surface area contributed by atoms with Crippen LogP contribution in [0.5, 0.6) is 0 Å². The quantitative estimate of drug-likeness (QED) is 0.473. The monoisotopic (exact) mass is 454 g/mol. The number of nitrogens with one attached hydrogen (secondary N) is 2. The first kappa shape index (κ1) is 23.0. The van der Waals surface area contributed by atoms with Gasteiger partial charge in [-0.2, -0.15) is 0 Å². The van der Waals surface area contributed by atoms with Gasteiger partial charge in [-0.25, -0.2) is 0 Å². The van der Waals surface area contributed by atoms with Crippen molar-refractivity contribution in [2.24, 2.45) is 0 Å². The number of carbonyl (C=O) groups is 3. The lowest BCUT2D eigenvalue weighted by Gasteiger charge is -2.09. The zero-order valence-corrected chi connectivity index (χ0v) is 18.4. The number of aromatic nitrogens is 2. The highest BCUT2D eigenvalue weighted by molar-refractivity contribution is 8.00. The van der Waals surface area contributed by atoms with E-state index in [0.29, 0.717) is 5.56 Å². The van der Waals surface area contributed by atoms with Crippen LogP contribution in [0.15, 0.2) is 52.9 Å². The van der Waals surface area contributed by atoms with Crippen LogP contribution >= 0.6 is 11.8 Å². The van der Waals surface area contributed by atoms with Crippen LogP contribution in [0.3, 0.4) is 0 Å². The minimum absolute atomic E-state index is 0.0632. The molecule has 0 unspecified atom stereocenters. The van der Waals surface area contributed by atoms with Gasteiger partial charge in [-0.15, -0.1) is 16.9 Å². The molecule has 2 amide bonds. The minimum Gasteiger partial charge on any atom is -0.455 e. The molecule has 0 bridgehead atoms. The van der Waals surface area contributed by atoms with E-state index < -0.39 is 18.5 Å². The number of nitrogens with zero attached hydrogens (tertiary/aromatic N) is 2. The molecule has 0 spiro atoms. The second kappa shape index (κ2) is 11.1. The molecule has 0 aliphatic rings. The van der Waals surface area contributed by atoms with Crippen molar-refractivity contribution in [2.75, 3.05) is 28.7 Å². The Morgan fingerprint density at radius 3 is 2.50 bits per heavy atom. The van der Waals surface area contributed by atoms with Gasteiger partial charge in [0.1, 0.15) is 0 Å². The van der Waals surface area contributed by atoms with Gasteiger partial charge in [0, 0.05) is 11.3 Å². The number of rotatable bonds is 9. The van der Waals surface area contributed by atoms with Crippen LogP contribution < -0.4 is 10.6 Å². The second-order valence-corrected chi connectivity index (χ2v) is 7.83. The van der Waals surface area contributed by atoms with Crippen molar-refractivity contribution in [1.29, 1.82) is 0 Å². The maximum absolute atomic E-state index is 12.0. The predicted octanol–water partition coefficient (Wildman–Crippen LogP) is 3.21. The number of aryl methyl sites for hydroxylation is 2. The molecule has 0 atom stereocenters. The lowest BCUT2D eigenvalue weighted by Crippen LogP contribution is -2.22. The fraction of sp³-hybridized carbons (Fsp3) is 0.227. The van der Waals surface area contributed by atoms with Gasteiger partial charge in [0.2, 0.25) is 11.8 Å². The third-order valence-electron chi connectivity index (χ3n) is 4.17. The van der Waals surface area contributed by atoms with Crippen molar-refractivity contribution in [3.63, 3.8) is 0 Å². The Morgan fingerprint density at radius 1 is 0.969 bits per heavy atom. The van der Waals surface area contributed by atoms with Gasteiger partial charge in [-0.3, -0.25) is 19.7 Å². The number of hydrogen-bond acceptors (Lipinski definition) is 8. The van der Waals surface area contributed by atoms with Gasteiger partial charge in [0.05, 0.1) is 11.5 Å². The highest BCUT2D eigenvalue weighted by Gasteiger charge is 2.14. The Hall–Kier alpha value is -3.66. The Labute approximate surface area is 188 Å². The van der Waals surface area contributed by atoms with Crippen molar-refractivity contribution in [1.82, 2.24) is 10.2 Å². The fourth-order valence-electron chi connectivity index (χ4n) is 2.68. The van der Waals surface area contributed by atoms with Gasteiger partial charge in [0.15, 0.2) is 6.61 Å². The van der Waals surface area contributed by atoms with E-state index in [0.717, 1.165) is 28.6 Å². The van der Waals surface area contributed by atoms with Crippen molar-refractivity contribution < 1.29 is 23.5 Å². The van der Waals surface area contributed by atoms with Crippen LogP contribution in [0.25, 0.3) is 11.5 Å². The van der Waals surface area contributed by atoms with Crippen molar-refractivity contribution in [3.05, 3.63) is 59.7 Å². The minimum atomic E-state index is -0.612. The first-order chi connectivity index (χ1) is 15.4. The molecule has 0 saturated carbocycles. The highest BCUT2D eigenvalue weighted by atomic mass is 32.2. The summed E-state index contributed by atoms with van der Waals surface area (Å²) >= 11 is 1.10. The van der Waals surface area contributed by atoms with Crippen LogP contribution in [0, 0.1) is 13.8 Å². The fourth-order valence-corrected chi connectivity index (χ4v) is 3.29. The van der Waals surface area contributed by atoms with Crippen LogP contribution in [-0.4, -0.2) is 46.1 Å². The molecule has 0 radical (unpaired) electrons. The van der Waals surface area contributed by atoms with E-state index in [-0.39, 0.29) is 29.3 Å². The molecule has 3 rings (SSSR count). The topological polar surface area (TPSA) is 123 Å². The van der Waals surface area contributed by atoms with Gasteiger partial charge < -0.3 is 14.5 Å². The average molecular weight is 455 g/mol. The molecule has 1 aromatic heterocycles. The number of hydrogen-bond donors (Lipinski definition) is 2. The molecular weight excluding hydrogens is 432 g/mol. The largest absolute Gasteiger partial charge is 0.455 e. The standard InChI is InChI=1S/C22H22N4O5S/c1-14-8-9-17(15(2)10-14)23-19(28)12-32-13-20(29)30-11-18(27)24-22-26-25-21(31-22)16-6-4-3-5-7-16/h3-10H,11-13H2,1-2H3,(H,23,28)(H,24,26,27). The lowest BCUT2D eigenvalue weighted by molar-refractivity contribution is -0.144. The summed E-state index contributed by atoms with van der Waals surface area (Å²) in [6.45, 7) is 3.39. The Bertz CT molecular complexity index is 1100. The van der Waals surface area contributed by atoms with E-state index in [1.54, 1.807) is 12.1 Å². The molecule has 3 aromatic rings. The van der Waals surface area contributed by atoms with Crippen LogP contribution in [-0.2, 0) is 19.1 Å². The Balaban J connectivity index is 1.34. The number of anilines is 2. The molecule has 2 aromatic carbocycles. The zero-order valence-electron chi connectivity index (χ0n) is 17.6. The van der Waals surface area contributed by atoms with Crippen LogP contribution in [0.4, 0.5) is 11.7 Å². The van der Waals surface area contributed by atoms with E-state index in [9.17, 15) is 14.4 Å². The summed E-state index contributed by atoms with van der Waals surface area (Å²) in [5.41, 5.74) is 3.52. The first-order valence-corrected chi connectivity index (χ1v) is 10.9. The summed E-state index contributed by atoms with van der Waals surface area (Å²) in [5.74, 6) is -1.17. The smallest absolute Gasteiger partial charge is 0.322 e. The summed E-state index contributed by atoms with van der Waals surface area (Å²) in [6, 6.07) is 14.7. The summed E-state index contributed by atoms with van der Waals surface area (Å²) in [4.78, 5) is 35.8. The van der Waals surface area contributed by atoms with Gasteiger partial charge in [-0.1, -0.05) is 41.0 Å². The molecule has 0 saturated heterocycles. The lowest BCUT2D eigenvalue weighted by atomic mass is 10.1. The highest BCUT2D eigenvalue weighted by Crippen LogP contribution is 2.19. The third-order valence-corrected chi connectivity index (χ3v) is 5.07. The molecule has 2 N–H and O–H groups in total. The van der Waals surface area contributed by atoms with E-state index in [4.69, 9.17) is 9.15 Å². The zero-order chi connectivity index (χ0) is 22.9. The van der Waals surface area contributed by atoms with Crippen molar-refractivity contribution >= 4 is 41.2 Å². The van der Waals surface area contributed by atoms with Gasteiger partial charge >= 0.3 is 12.0 Å². The predicted molar refractivity (Wildman–Crippen MR) is 121 cm³/mol. The molecule has 9 nitrogen and oxygen atoms in total. The molecule has 0 fully saturated rings. The molecule has 166 valence electrons. The van der Waals surface area contributed by atoms with E-state index in [1.807, 2.05) is 50.2 Å². The normalized spacial score (nSPS) is 10.4. The average Bonchev–Trinajstić information content (AvgIpc) is 3.23. The number of thioether (sulfide) groups is 1. The third kappa shape index (κ3) is 6.95. The maximum Gasteiger partial charge on any atom is 0.322 e. The number of amides is 2. The Morgan fingerprint density at radius 2 is 1.75 bits per heavy atom. The number of ether oxygens (including phenoxy) is 1. The molecule has 0 aliphatic carbocycles. The number of benzene rings is 2. The van der Waals surface area contributed by atoms with E-state index in [1.165, 1.54) is 0 Å². The van der Waals surface area contributed by atoms with Crippen LogP contribution in [0.2, 0.25) is 0 Å².